The van der Waals surface area contributed by atoms with Crippen molar-refractivity contribution in [1.29, 1.82) is 0 Å². The summed E-state index contributed by atoms with van der Waals surface area (Å²) < 4.78 is 9.07. The van der Waals surface area contributed by atoms with Gasteiger partial charge in [0.1, 0.15) is 11.2 Å². The molecule has 0 unspecified atom stereocenters. The maximum Gasteiger partial charge on any atom is 0.143 e. The van der Waals surface area contributed by atoms with Crippen LogP contribution in [0.15, 0.2) is 217 Å². The van der Waals surface area contributed by atoms with E-state index in [0.717, 1.165) is 44.3 Å². The van der Waals surface area contributed by atoms with Gasteiger partial charge in [0.05, 0.1) is 11.0 Å². The van der Waals surface area contributed by atoms with Crippen LogP contribution in [-0.4, -0.2) is 4.57 Å². The molecule has 0 saturated heterocycles. The number of aromatic nitrogens is 1. The van der Waals surface area contributed by atoms with Crippen LogP contribution in [0.5, 0.6) is 0 Å². The highest BCUT2D eigenvalue weighted by atomic mass is 16.3. The lowest BCUT2D eigenvalue weighted by Crippen LogP contribution is -2.01. The van der Waals surface area contributed by atoms with Crippen LogP contribution in [0.2, 0.25) is 0 Å². The van der Waals surface area contributed by atoms with Gasteiger partial charge in [0.15, 0.2) is 0 Å². The molecule has 11 rings (SSSR count). The third kappa shape index (κ3) is 5.04. The summed E-state index contributed by atoms with van der Waals surface area (Å²) in [7, 11) is 0. The van der Waals surface area contributed by atoms with Gasteiger partial charge in [-0.15, -0.1) is 0 Å². The van der Waals surface area contributed by atoms with E-state index in [9.17, 15) is 0 Å². The summed E-state index contributed by atoms with van der Waals surface area (Å²) in [6.07, 6.45) is 0. The van der Waals surface area contributed by atoms with Crippen LogP contribution in [0.4, 0.5) is 0 Å². The van der Waals surface area contributed by atoms with Crippen molar-refractivity contribution in [3.63, 3.8) is 0 Å². The maximum atomic E-state index is 6.56. The predicted octanol–water partition coefficient (Wildman–Crippen LogP) is 15.0. The Morgan fingerprint density at radius 3 is 1.48 bits per heavy atom. The average molecular weight is 714 g/mol. The van der Waals surface area contributed by atoms with Crippen molar-refractivity contribution in [3.8, 4) is 61.3 Å². The van der Waals surface area contributed by atoms with Gasteiger partial charge in [-0.25, -0.2) is 0 Å². The van der Waals surface area contributed by atoms with E-state index in [-0.39, 0.29) is 0 Å². The molecule has 0 amide bonds. The van der Waals surface area contributed by atoms with Gasteiger partial charge in [0.2, 0.25) is 0 Å². The van der Waals surface area contributed by atoms with Gasteiger partial charge in [-0.1, -0.05) is 188 Å². The summed E-state index contributed by atoms with van der Waals surface area (Å²) in [6.45, 7) is 0. The van der Waals surface area contributed by atoms with Crippen LogP contribution in [-0.2, 0) is 0 Å². The lowest BCUT2D eigenvalue weighted by Gasteiger charge is -2.24. The minimum atomic E-state index is 0.900. The van der Waals surface area contributed by atoms with Crippen molar-refractivity contribution in [2.45, 2.75) is 0 Å². The van der Waals surface area contributed by atoms with Crippen molar-refractivity contribution < 1.29 is 4.42 Å². The quantitative estimate of drug-likeness (QED) is 0.168. The molecule has 2 heteroatoms. The van der Waals surface area contributed by atoms with Crippen molar-refractivity contribution in [1.82, 2.24) is 4.57 Å². The molecule has 9 aromatic carbocycles. The van der Waals surface area contributed by atoms with Crippen LogP contribution in [0.1, 0.15) is 0 Å². The first kappa shape index (κ1) is 32.0. The standard InChI is InChI=1S/C54H35NO/c1-5-19-36(20-6-1)48-49(37-21-7-2-8-22-37)51(39-25-11-4-12-26-39)53-52(50(48)38-23-9-3-10-24-38)45-30-13-15-33-46(45)55(53)41-28-17-27-40(35-41)42-31-18-32-44-43-29-14-16-34-47(43)56-54(42)44/h1-35H. The van der Waals surface area contributed by atoms with Crippen molar-refractivity contribution in [3.05, 3.63) is 212 Å². The topological polar surface area (TPSA) is 18.1 Å². The van der Waals surface area contributed by atoms with Gasteiger partial charge in [0.25, 0.3) is 0 Å². The highest BCUT2D eigenvalue weighted by molar-refractivity contribution is 6.26. The second kappa shape index (κ2) is 13.2. The van der Waals surface area contributed by atoms with E-state index in [1.54, 1.807) is 0 Å². The summed E-state index contributed by atoms with van der Waals surface area (Å²) >= 11 is 0. The van der Waals surface area contributed by atoms with Gasteiger partial charge in [-0.2, -0.15) is 0 Å². The largest absolute Gasteiger partial charge is 0.455 e. The third-order valence-corrected chi connectivity index (χ3v) is 11.2. The molecule has 0 N–H and O–H groups in total. The second-order valence-corrected chi connectivity index (χ2v) is 14.4. The van der Waals surface area contributed by atoms with Gasteiger partial charge < -0.3 is 8.98 Å². The van der Waals surface area contributed by atoms with Gasteiger partial charge in [0, 0.05) is 49.5 Å². The smallest absolute Gasteiger partial charge is 0.143 e. The lowest BCUT2D eigenvalue weighted by atomic mass is 9.80. The molecule has 0 saturated carbocycles. The molecular formula is C54H35NO. The van der Waals surface area contributed by atoms with E-state index in [1.807, 2.05) is 6.07 Å². The molecule has 0 atom stereocenters. The molecule has 0 aliphatic rings. The zero-order valence-electron chi connectivity index (χ0n) is 30.6. The number of hydrogen-bond acceptors (Lipinski definition) is 1. The summed E-state index contributed by atoms with van der Waals surface area (Å²) in [6, 6.07) is 76.4. The van der Waals surface area contributed by atoms with E-state index in [0.29, 0.717) is 0 Å². The normalized spacial score (nSPS) is 11.6. The molecule has 0 aliphatic heterocycles. The molecule has 2 heterocycles. The summed E-state index contributed by atoms with van der Waals surface area (Å²) in [5.74, 6) is 0. The molecule has 0 aliphatic carbocycles. The Kier molecular flexibility index (Phi) is 7.53. The molecule has 56 heavy (non-hydrogen) atoms. The zero-order chi connectivity index (χ0) is 37.0. The average Bonchev–Trinajstić information content (AvgIpc) is 3.83. The van der Waals surface area contributed by atoms with Gasteiger partial charge in [-0.05, 0) is 57.6 Å². The highest BCUT2D eigenvalue weighted by Crippen LogP contribution is 2.54. The fourth-order valence-electron chi connectivity index (χ4n) is 8.84. The minimum Gasteiger partial charge on any atom is -0.455 e. The highest BCUT2D eigenvalue weighted by Gasteiger charge is 2.29. The van der Waals surface area contributed by atoms with E-state index >= 15 is 0 Å². The number of para-hydroxylation sites is 3. The minimum absolute atomic E-state index is 0.900. The molecular weight excluding hydrogens is 679 g/mol. The van der Waals surface area contributed by atoms with Crippen molar-refractivity contribution in [2.75, 3.05) is 0 Å². The summed E-state index contributed by atoms with van der Waals surface area (Å²) in [5, 5.41) is 4.70. The zero-order valence-corrected chi connectivity index (χ0v) is 30.6. The summed E-state index contributed by atoms with van der Waals surface area (Å²) in [5.41, 5.74) is 17.0. The Labute approximate surface area is 325 Å². The SMILES string of the molecule is c1ccc(-c2c(-c3ccccc3)c(-c3ccccc3)c3c(c2-c2ccccc2)c2ccccc2n3-c2cccc(-c3cccc4c3oc3ccccc34)c2)cc1. The Hall–Kier alpha value is -7.42. The Morgan fingerprint density at radius 2 is 0.821 bits per heavy atom. The van der Waals surface area contributed by atoms with Crippen LogP contribution in [0, 0.1) is 0 Å². The predicted molar refractivity (Wildman–Crippen MR) is 235 cm³/mol. The number of furan rings is 1. The Bertz CT molecular complexity index is 3210. The molecule has 0 radical (unpaired) electrons. The Morgan fingerprint density at radius 1 is 0.339 bits per heavy atom. The first-order valence-corrected chi connectivity index (χ1v) is 19.2. The molecule has 2 nitrogen and oxygen atoms in total. The van der Waals surface area contributed by atoms with Crippen LogP contribution >= 0.6 is 0 Å². The summed E-state index contributed by atoms with van der Waals surface area (Å²) in [4.78, 5) is 0. The number of benzene rings is 9. The van der Waals surface area contributed by atoms with Crippen LogP contribution < -0.4 is 0 Å². The van der Waals surface area contributed by atoms with Gasteiger partial charge >= 0.3 is 0 Å². The Balaban J connectivity index is 1.34. The van der Waals surface area contributed by atoms with E-state index in [4.69, 9.17) is 4.42 Å². The molecule has 2 aromatic heterocycles. The first-order valence-electron chi connectivity index (χ1n) is 19.2. The monoisotopic (exact) mass is 713 g/mol. The fraction of sp³-hybridized carbons (Fsp3) is 0. The number of hydrogen-bond donors (Lipinski definition) is 0. The van der Waals surface area contributed by atoms with Gasteiger partial charge in [-0.3, -0.25) is 0 Å². The third-order valence-electron chi connectivity index (χ3n) is 11.2. The van der Waals surface area contributed by atoms with Crippen LogP contribution in [0.25, 0.3) is 105 Å². The molecule has 11 aromatic rings. The van der Waals surface area contributed by atoms with Crippen molar-refractivity contribution in [2.24, 2.45) is 0 Å². The van der Waals surface area contributed by atoms with E-state index < -0.39 is 0 Å². The first-order chi connectivity index (χ1) is 27.8. The van der Waals surface area contributed by atoms with Crippen LogP contribution in [0.3, 0.4) is 0 Å². The van der Waals surface area contributed by atoms with E-state index in [1.165, 1.54) is 60.8 Å². The molecule has 0 fully saturated rings. The molecule has 0 spiro atoms. The van der Waals surface area contributed by atoms with Crippen molar-refractivity contribution >= 4 is 43.7 Å². The molecule has 0 bridgehead atoms. The number of rotatable bonds is 6. The maximum absolute atomic E-state index is 6.56. The number of nitrogens with zero attached hydrogens (tertiary/aromatic N) is 1. The lowest BCUT2D eigenvalue weighted by molar-refractivity contribution is 0.670. The molecule has 262 valence electrons. The second-order valence-electron chi connectivity index (χ2n) is 14.4. The fourth-order valence-corrected chi connectivity index (χ4v) is 8.84. The van der Waals surface area contributed by atoms with E-state index in [2.05, 4.69) is 211 Å². The number of fused-ring (bicyclic) bond motifs is 6.